The summed E-state index contributed by atoms with van der Waals surface area (Å²) in [5.74, 6) is 6.77. The summed E-state index contributed by atoms with van der Waals surface area (Å²) in [4.78, 5) is 6.99. The zero-order valence-electron chi connectivity index (χ0n) is 11.5. The number of hydrogen-bond acceptors (Lipinski definition) is 3. The van der Waals surface area contributed by atoms with E-state index in [1.165, 1.54) is 13.0 Å². The van der Waals surface area contributed by atoms with E-state index in [0.717, 1.165) is 25.3 Å². The van der Waals surface area contributed by atoms with Crippen molar-refractivity contribution in [3.63, 3.8) is 0 Å². The molecule has 1 aliphatic heterocycles. The lowest BCUT2D eigenvalue weighted by atomic mass is 10.1. The van der Waals surface area contributed by atoms with Gasteiger partial charge in [0, 0.05) is 18.8 Å². The lowest BCUT2D eigenvalue weighted by Gasteiger charge is -2.13. The number of anilines is 1. The quantitative estimate of drug-likeness (QED) is 0.330. The van der Waals surface area contributed by atoms with Gasteiger partial charge < -0.3 is 10.2 Å². The Labute approximate surface area is 114 Å². The van der Waals surface area contributed by atoms with Crippen LogP contribution in [0.25, 0.3) is 0 Å². The predicted molar refractivity (Wildman–Crippen MR) is 79.9 cm³/mol. The van der Waals surface area contributed by atoms with Crippen LogP contribution >= 0.6 is 0 Å². The molecule has 1 aromatic carbocycles. The van der Waals surface area contributed by atoms with Crippen LogP contribution in [0.3, 0.4) is 0 Å². The van der Waals surface area contributed by atoms with Crippen LogP contribution in [0.4, 0.5) is 5.69 Å². The molecule has 1 atom stereocenters. The Balaban J connectivity index is 1.86. The first-order chi connectivity index (χ1) is 9.31. The molecule has 1 aromatic rings. The second-order valence-electron chi connectivity index (χ2n) is 4.87. The number of nitrogens with two attached hydrogens (primary N) is 1. The van der Waals surface area contributed by atoms with Crippen molar-refractivity contribution in [1.82, 2.24) is 10.3 Å². The SMILES string of the molecule is CCN1CCC(CN=C(NN)Nc2ccccc2)C1. The number of para-hydroxylation sites is 1. The molecule has 0 amide bonds. The molecule has 0 spiro atoms. The Kier molecular flexibility index (Phi) is 5.18. The van der Waals surface area contributed by atoms with E-state index in [4.69, 9.17) is 5.84 Å². The number of aliphatic imine (C=N–C) groups is 1. The molecule has 5 nitrogen and oxygen atoms in total. The maximum atomic E-state index is 5.51. The van der Waals surface area contributed by atoms with E-state index in [-0.39, 0.29) is 0 Å². The summed E-state index contributed by atoms with van der Waals surface area (Å²) >= 11 is 0. The smallest absolute Gasteiger partial charge is 0.210 e. The van der Waals surface area contributed by atoms with E-state index < -0.39 is 0 Å². The molecule has 5 heteroatoms. The number of hydrazine groups is 1. The van der Waals surface area contributed by atoms with Gasteiger partial charge in [-0.1, -0.05) is 25.1 Å². The minimum absolute atomic E-state index is 0.626. The van der Waals surface area contributed by atoms with Crippen molar-refractivity contribution in [1.29, 1.82) is 0 Å². The third kappa shape index (κ3) is 4.22. The first-order valence-corrected chi connectivity index (χ1v) is 6.87. The molecule has 0 aromatic heterocycles. The third-order valence-corrected chi connectivity index (χ3v) is 3.50. The summed E-state index contributed by atoms with van der Waals surface area (Å²) in [7, 11) is 0. The van der Waals surface area contributed by atoms with Crippen molar-refractivity contribution in [2.24, 2.45) is 16.8 Å². The topological polar surface area (TPSA) is 65.7 Å². The van der Waals surface area contributed by atoms with Crippen molar-refractivity contribution in [3.05, 3.63) is 30.3 Å². The van der Waals surface area contributed by atoms with Crippen molar-refractivity contribution >= 4 is 11.6 Å². The zero-order chi connectivity index (χ0) is 13.5. The highest BCUT2D eigenvalue weighted by Crippen LogP contribution is 2.15. The largest absolute Gasteiger partial charge is 0.325 e. The summed E-state index contributed by atoms with van der Waals surface area (Å²) in [6.07, 6.45) is 1.22. The third-order valence-electron chi connectivity index (χ3n) is 3.50. The van der Waals surface area contributed by atoms with Gasteiger partial charge in [-0.05, 0) is 37.6 Å². The summed E-state index contributed by atoms with van der Waals surface area (Å²) in [6.45, 7) is 6.48. The number of nitrogens with one attached hydrogen (secondary N) is 2. The van der Waals surface area contributed by atoms with Crippen molar-refractivity contribution in [2.45, 2.75) is 13.3 Å². The molecular formula is C14H23N5. The molecule has 1 unspecified atom stereocenters. The number of rotatable bonds is 4. The second-order valence-corrected chi connectivity index (χ2v) is 4.87. The van der Waals surface area contributed by atoms with Gasteiger partial charge in [-0.3, -0.25) is 10.4 Å². The standard InChI is InChI=1S/C14H23N5/c1-2-19-9-8-12(11-19)10-16-14(18-15)17-13-6-4-3-5-7-13/h3-7,12H,2,8-11,15H2,1H3,(H2,16,17,18). The van der Waals surface area contributed by atoms with Gasteiger partial charge in [0.25, 0.3) is 0 Å². The van der Waals surface area contributed by atoms with E-state index in [1.807, 2.05) is 30.3 Å². The highest BCUT2D eigenvalue weighted by Gasteiger charge is 2.20. The Hall–Kier alpha value is -1.59. The monoisotopic (exact) mass is 261 g/mol. The fourth-order valence-electron chi connectivity index (χ4n) is 2.35. The summed E-state index contributed by atoms with van der Waals surface area (Å²) in [5.41, 5.74) is 3.61. The Morgan fingerprint density at radius 1 is 1.42 bits per heavy atom. The predicted octanol–water partition coefficient (Wildman–Crippen LogP) is 1.26. The van der Waals surface area contributed by atoms with Gasteiger partial charge in [-0.15, -0.1) is 0 Å². The molecule has 0 bridgehead atoms. The molecule has 19 heavy (non-hydrogen) atoms. The molecule has 104 valence electrons. The minimum atomic E-state index is 0.626. The molecule has 1 fully saturated rings. The fourth-order valence-corrected chi connectivity index (χ4v) is 2.35. The average Bonchev–Trinajstić information content (AvgIpc) is 2.92. The Morgan fingerprint density at radius 3 is 2.84 bits per heavy atom. The Morgan fingerprint density at radius 2 is 2.21 bits per heavy atom. The summed E-state index contributed by atoms with van der Waals surface area (Å²) in [6, 6.07) is 9.91. The van der Waals surface area contributed by atoms with Crippen LogP contribution in [0.5, 0.6) is 0 Å². The second kappa shape index (κ2) is 7.11. The van der Waals surface area contributed by atoms with Gasteiger partial charge in [0.2, 0.25) is 5.96 Å². The van der Waals surface area contributed by atoms with Gasteiger partial charge in [0.15, 0.2) is 0 Å². The number of benzene rings is 1. The minimum Gasteiger partial charge on any atom is -0.325 e. The number of nitrogens with zero attached hydrogens (tertiary/aromatic N) is 2. The number of hydrogen-bond donors (Lipinski definition) is 3. The Bertz CT molecular complexity index is 404. The van der Waals surface area contributed by atoms with Gasteiger partial charge >= 0.3 is 0 Å². The van der Waals surface area contributed by atoms with E-state index >= 15 is 0 Å². The van der Waals surface area contributed by atoms with Gasteiger partial charge in [-0.25, -0.2) is 5.84 Å². The van der Waals surface area contributed by atoms with Crippen molar-refractivity contribution in [2.75, 3.05) is 31.5 Å². The molecule has 1 saturated heterocycles. The molecule has 1 heterocycles. The fraction of sp³-hybridized carbons (Fsp3) is 0.500. The molecule has 0 saturated carbocycles. The summed E-state index contributed by atoms with van der Waals surface area (Å²) in [5, 5.41) is 3.18. The molecule has 4 N–H and O–H groups in total. The maximum Gasteiger partial charge on any atom is 0.210 e. The molecule has 1 aliphatic rings. The van der Waals surface area contributed by atoms with Gasteiger partial charge in [-0.2, -0.15) is 0 Å². The van der Waals surface area contributed by atoms with E-state index in [0.29, 0.717) is 11.9 Å². The molecule has 2 rings (SSSR count). The normalized spacial score (nSPS) is 20.5. The van der Waals surface area contributed by atoms with Crippen LogP contribution < -0.4 is 16.6 Å². The molecular weight excluding hydrogens is 238 g/mol. The highest BCUT2D eigenvalue weighted by molar-refractivity contribution is 5.93. The zero-order valence-corrected chi connectivity index (χ0v) is 11.5. The lowest BCUT2D eigenvalue weighted by Crippen LogP contribution is -2.36. The van der Waals surface area contributed by atoms with Crippen LogP contribution in [0, 0.1) is 5.92 Å². The van der Waals surface area contributed by atoms with Crippen molar-refractivity contribution in [3.8, 4) is 0 Å². The number of likely N-dealkylation sites (tertiary alicyclic amines) is 1. The van der Waals surface area contributed by atoms with Gasteiger partial charge in [0.1, 0.15) is 0 Å². The van der Waals surface area contributed by atoms with Crippen molar-refractivity contribution < 1.29 is 0 Å². The van der Waals surface area contributed by atoms with Crippen LogP contribution in [-0.2, 0) is 0 Å². The van der Waals surface area contributed by atoms with Crippen LogP contribution in [-0.4, -0.2) is 37.0 Å². The van der Waals surface area contributed by atoms with Crippen LogP contribution in [0.1, 0.15) is 13.3 Å². The first kappa shape index (κ1) is 13.8. The van der Waals surface area contributed by atoms with Gasteiger partial charge in [0.05, 0.1) is 0 Å². The number of guanidine groups is 1. The average molecular weight is 261 g/mol. The van der Waals surface area contributed by atoms with E-state index in [9.17, 15) is 0 Å². The van der Waals surface area contributed by atoms with Crippen LogP contribution in [0.2, 0.25) is 0 Å². The van der Waals surface area contributed by atoms with Crippen LogP contribution in [0.15, 0.2) is 35.3 Å². The van der Waals surface area contributed by atoms with E-state index in [1.54, 1.807) is 0 Å². The maximum absolute atomic E-state index is 5.51. The summed E-state index contributed by atoms with van der Waals surface area (Å²) < 4.78 is 0. The first-order valence-electron chi connectivity index (χ1n) is 6.87. The highest BCUT2D eigenvalue weighted by atomic mass is 15.3. The van der Waals surface area contributed by atoms with E-state index in [2.05, 4.69) is 27.6 Å². The lowest BCUT2D eigenvalue weighted by molar-refractivity contribution is 0.344. The molecule has 0 aliphatic carbocycles. The molecule has 0 radical (unpaired) electrons.